The van der Waals surface area contributed by atoms with Gasteiger partial charge in [0.05, 0.1) is 6.20 Å². The van der Waals surface area contributed by atoms with E-state index in [0.29, 0.717) is 11.7 Å². The van der Waals surface area contributed by atoms with Crippen molar-refractivity contribution in [2.24, 2.45) is 0 Å². The van der Waals surface area contributed by atoms with Gasteiger partial charge in [-0.2, -0.15) is 4.98 Å². The molecular weight excluding hydrogens is 258 g/mol. The molecule has 0 N–H and O–H groups in total. The van der Waals surface area contributed by atoms with Crippen LogP contribution in [0.25, 0.3) is 0 Å². The molecule has 2 aromatic rings. The quantitative estimate of drug-likeness (QED) is 0.833. The lowest BCUT2D eigenvalue weighted by molar-refractivity contribution is 0.0712. The second kappa shape index (κ2) is 5.34. The van der Waals surface area contributed by atoms with Gasteiger partial charge in [-0.1, -0.05) is 10.3 Å². The molecule has 0 bridgehead atoms. The van der Waals surface area contributed by atoms with Crippen molar-refractivity contribution >= 4 is 0 Å². The molecule has 1 aliphatic heterocycles. The number of aromatic nitrogens is 3. The zero-order valence-electron chi connectivity index (χ0n) is 12.0. The molecular formula is C13H19N5O2. The van der Waals surface area contributed by atoms with Gasteiger partial charge in [0.2, 0.25) is 5.89 Å². The lowest BCUT2D eigenvalue weighted by Gasteiger charge is -2.37. The molecule has 20 heavy (non-hydrogen) atoms. The molecule has 108 valence electrons. The van der Waals surface area contributed by atoms with Gasteiger partial charge in [0.1, 0.15) is 11.8 Å². The minimum absolute atomic E-state index is 0.144. The Hall–Kier alpha value is -1.73. The van der Waals surface area contributed by atoms with E-state index in [1.165, 1.54) is 0 Å². The standard InChI is InChI=1S/C13H19N5O2/c1-9-11(6-14-19-9)7-18-5-4-17(3)12(8-18)13-15-10(2)16-20-13/h6,12H,4-5,7-8H2,1-3H3/t12-/m0/s1. The highest BCUT2D eigenvalue weighted by Gasteiger charge is 2.30. The molecule has 3 heterocycles. The number of rotatable bonds is 3. The molecule has 7 heteroatoms. The summed E-state index contributed by atoms with van der Waals surface area (Å²) in [6.07, 6.45) is 1.79. The van der Waals surface area contributed by atoms with Crippen LogP contribution in [-0.2, 0) is 6.54 Å². The van der Waals surface area contributed by atoms with Crippen molar-refractivity contribution in [1.29, 1.82) is 0 Å². The molecule has 7 nitrogen and oxygen atoms in total. The van der Waals surface area contributed by atoms with E-state index in [-0.39, 0.29) is 6.04 Å². The Morgan fingerprint density at radius 1 is 1.30 bits per heavy atom. The van der Waals surface area contributed by atoms with Crippen molar-refractivity contribution < 1.29 is 9.05 Å². The van der Waals surface area contributed by atoms with Gasteiger partial charge in [0.25, 0.3) is 0 Å². The maximum absolute atomic E-state index is 5.32. The molecule has 1 saturated heterocycles. The summed E-state index contributed by atoms with van der Waals surface area (Å²) in [5.41, 5.74) is 1.13. The van der Waals surface area contributed by atoms with Crippen LogP contribution in [0.1, 0.15) is 29.1 Å². The van der Waals surface area contributed by atoms with E-state index in [2.05, 4.69) is 32.1 Å². The molecule has 1 atom stereocenters. The highest BCUT2D eigenvalue weighted by Crippen LogP contribution is 2.24. The van der Waals surface area contributed by atoms with Crippen molar-refractivity contribution in [2.45, 2.75) is 26.4 Å². The van der Waals surface area contributed by atoms with Crippen LogP contribution < -0.4 is 0 Å². The lowest BCUT2D eigenvalue weighted by atomic mass is 10.1. The number of aryl methyl sites for hydroxylation is 2. The first-order valence-electron chi connectivity index (χ1n) is 6.76. The highest BCUT2D eigenvalue weighted by molar-refractivity contribution is 5.11. The molecule has 0 spiro atoms. The van der Waals surface area contributed by atoms with E-state index in [1.807, 2.05) is 13.8 Å². The summed E-state index contributed by atoms with van der Waals surface area (Å²) >= 11 is 0. The van der Waals surface area contributed by atoms with Gasteiger partial charge in [-0.15, -0.1) is 0 Å². The van der Waals surface area contributed by atoms with Crippen molar-refractivity contribution in [3.8, 4) is 0 Å². The number of likely N-dealkylation sites (N-methyl/N-ethyl adjacent to an activating group) is 1. The largest absolute Gasteiger partial charge is 0.361 e. The Labute approximate surface area is 117 Å². The highest BCUT2D eigenvalue weighted by atomic mass is 16.5. The maximum Gasteiger partial charge on any atom is 0.245 e. The van der Waals surface area contributed by atoms with Gasteiger partial charge in [0, 0.05) is 31.7 Å². The summed E-state index contributed by atoms with van der Waals surface area (Å²) in [5.74, 6) is 2.26. The molecule has 0 radical (unpaired) electrons. The Morgan fingerprint density at radius 3 is 2.80 bits per heavy atom. The van der Waals surface area contributed by atoms with Crippen LogP contribution in [0.4, 0.5) is 0 Å². The third-order valence-electron chi connectivity index (χ3n) is 3.80. The Balaban J connectivity index is 1.71. The molecule has 1 fully saturated rings. The van der Waals surface area contributed by atoms with Crippen LogP contribution >= 0.6 is 0 Å². The third-order valence-corrected chi connectivity index (χ3v) is 3.80. The maximum atomic E-state index is 5.32. The fourth-order valence-electron chi connectivity index (χ4n) is 2.50. The SMILES string of the molecule is Cc1noc([C@@H]2CN(Cc3cnoc3C)CCN2C)n1. The summed E-state index contributed by atoms with van der Waals surface area (Å²) < 4.78 is 10.4. The fraction of sp³-hybridized carbons (Fsp3) is 0.615. The van der Waals surface area contributed by atoms with Gasteiger partial charge in [-0.05, 0) is 20.9 Å². The van der Waals surface area contributed by atoms with Crippen molar-refractivity contribution in [1.82, 2.24) is 25.1 Å². The minimum atomic E-state index is 0.144. The number of hydrogen-bond donors (Lipinski definition) is 0. The van der Waals surface area contributed by atoms with Crippen molar-refractivity contribution in [3.63, 3.8) is 0 Å². The first-order chi connectivity index (χ1) is 9.63. The van der Waals surface area contributed by atoms with Gasteiger partial charge in [-0.25, -0.2) is 0 Å². The summed E-state index contributed by atoms with van der Waals surface area (Å²) in [7, 11) is 2.09. The summed E-state index contributed by atoms with van der Waals surface area (Å²) in [6.45, 7) is 7.46. The van der Waals surface area contributed by atoms with E-state index >= 15 is 0 Å². The number of nitrogens with zero attached hydrogens (tertiary/aromatic N) is 5. The average molecular weight is 277 g/mol. The summed E-state index contributed by atoms with van der Waals surface area (Å²) in [6, 6.07) is 0.144. The molecule has 0 amide bonds. The Kier molecular flexibility index (Phi) is 3.54. The van der Waals surface area contributed by atoms with E-state index in [9.17, 15) is 0 Å². The van der Waals surface area contributed by atoms with Crippen LogP contribution in [0.3, 0.4) is 0 Å². The molecule has 2 aromatic heterocycles. The first kappa shape index (κ1) is 13.3. The van der Waals surface area contributed by atoms with Crippen molar-refractivity contribution in [3.05, 3.63) is 29.2 Å². The first-order valence-corrected chi connectivity index (χ1v) is 6.76. The molecule has 1 aliphatic rings. The molecule has 0 aliphatic carbocycles. The second-order valence-corrected chi connectivity index (χ2v) is 5.32. The van der Waals surface area contributed by atoms with E-state index < -0.39 is 0 Å². The van der Waals surface area contributed by atoms with Crippen LogP contribution in [0.2, 0.25) is 0 Å². The van der Waals surface area contributed by atoms with E-state index in [0.717, 1.165) is 37.5 Å². The molecule has 3 rings (SSSR count). The Morgan fingerprint density at radius 2 is 2.15 bits per heavy atom. The zero-order chi connectivity index (χ0) is 14.1. The average Bonchev–Trinajstić information content (AvgIpc) is 3.02. The normalized spacial score (nSPS) is 21.4. The van der Waals surface area contributed by atoms with Gasteiger partial charge >= 0.3 is 0 Å². The predicted molar refractivity (Wildman–Crippen MR) is 70.9 cm³/mol. The van der Waals surface area contributed by atoms with Crippen LogP contribution in [0.15, 0.2) is 15.2 Å². The van der Waals surface area contributed by atoms with Gasteiger partial charge in [0.15, 0.2) is 5.82 Å². The van der Waals surface area contributed by atoms with Gasteiger partial charge < -0.3 is 9.05 Å². The van der Waals surface area contributed by atoms with E-state index in [1.54, 1.807) is 6.20 Å². The Bertz CT molecular complexity index is 579. The van der Waals surface area contributed by atoms with E-state index in [4.69, 9.17) is 9.05 Å². The predicted octanol–water partition coefficient (Wildman–Crippen LogP) is 1.16. The van der Waals surface area contributed by atoms with Gasteiger partial charge in [-0.3, -0.25) is 9.80 Å². The van der Waals surface area contributed by atoms with Crippen LogP contribution in [0.5, 0.6) is 0 Å². The minimum Gasteiger partial charge on any atom is -0.361 e. The summed E-state index contributed by atoms with van der Waals surface area (Å²) in [5, 5.41) is 7.71. The fourth-order valence-corrected chi connectivity index (χ4v) is 2.50. The number of hydrogen-bond acceptors (Lipinski definition) is 7. The molecule has 0 aromatic carbocycles. The summed E-state index contributed by atoms with van der Waals surface area (Å²) in [4.78, 5) is 8.98. The second-order valence-electron chi connectivity index (χ2n) is 5.32. The number of piperazine rings is 1. The van der Waals surface area contributed by atoms with Crippen LogP contribution in [0, 0.1) is 13.8 Å². The topological polar surface area (TPSA) is 71.4 Å². The van der Waals surface area contributed by atoms with Crippen molar-refractivity contribution in [2.75, 3.05) is 26.7 Å². The monoisotopic (exact) mass is 277 g/mol. The molecule has 0 unspecified atom stereocenters. The zero-order valence-corrected chi connectivity index (χ0v) is 12.0. The van der Waals surface area contributed by atoms with Crippen LogP contribution in [-0.4, -0.2) is 51.8 Å². The molecule has 0 saturated carbocycles. The smallest absolute Gasteiger partial charge is 0.245 e. The third kappa shape index (κ3) is 2.59. The lowest BCUT2D eigenvalue weighted by Crippen LogP contribution is -2.46.